The van der Waals surface area contributed by atoms with Crippen molar-refractivity contribution in [3.8, 4) is 22.6 Å². The summed E-state index contributed by atoms with van der Waals surface area (Å²) in [5.74, 6) is 0.769. The van der Waals surface area contributed by atoms with Gasteiger partial charge >= 0.3 is 11.9 Å². The van der Waals surface area contributed by atoms with Crippen molar-refractivity contribution in [3.63, 3.8) is 0 Å². The molecule has 6 aromatic carbocycles. The Hall–Kier alpha value is -6.34. The van der Waals surface area contributed by atoms with Crippen LogP contribution in [-0.2, 0) is 14.3 Å². The first-order chi connectivity index (χ1) is 26.0. The summed E-state index contributed by atoms with van der Waals surface area (Å²) >= 11 is 0. The van der Waals surface area contributed by atoms with Crippen LogP contribution in [0.3, 0.4) is 0 Å². The van der Waals surface area contributed by atoms with Gasteiger partial charge in [0, 0.05) is 59.6 Å². The first-order valence-electron chi connectivity index (χ1n) is 18.0. The molecule has 0 heterocycles. The van der Waals surface area contributed by atoms with Crippen LogP contribution in [0.5, 0.6) is 11.5 Å². The molecule has 0 aliphatic rings. The average Bonchev–Trinajstić information content (AvgIpc) is 3.19. The van der Waals surface area contributed by atoms with Gasteiger partial charge in [0.25, 0.3) is 0 Å². The molecule has 0 N–H and O–H groups in total. The molecule has 0 atom stereocenters. The number of anilines is 6. The second kappa shape index (κ2) is 18.2. The number of esters is 2. The van der Waals surface area contributed by atoms with E-state index in [1.54, 1.807) is 7.11 Å². The maximum atomic E-state index is 12.7. The predicted octanol–water partition coefficient (Wildman–Crippen LogP) is 11.7. The quantitative estimate of drug-likeness (QED) is 0.0564. The minimum absolute atomic E-state index is 0.265. The monoisotopic (exact) mass is 704 g/mol. The molecule has 6 rings (SSSR count). The van der Waals surface area contributed by atoms with Crippen LogP contribution in [0, 0.1) is 0 Å². The lowest BCUT2D eigenvalue weighted by Gasteiger charge is -2.26. The van der Waals surface area contributed by atoms with Crippen LogP contribution in [0.25, 0.3) is 11.1 Å². The first kappa shape index (κ1) is 36.5. The molecule has 0 saturated heterocycles. The van der Waals surface area contributed by atoms with E-state index in [0.29, 0.717) is 18.8 Å². The van der Waals surface area contributed by atoms with Crippen molar-refractivity contribution in [2.24, 2.45) is 0 Å². The van der Waals surface area contributed by atoms with E-state index in [-0.39, 0.29) is 11.9 Å². The first-order valence-corrected chi connectivity index (χ1v) is 18.0. The van der Waals surface area contributed by atoms with Gasteiger partial charge in [-0.15, -0.1) is 0 Å². The second-order valence-corrected chi connectivity index (χ2v) is 12.6. The van der Waals surface area contributed by atoms with Crippen molar-refractivity contribution < 1.29 is 23.8 Å². The third kappa shape index (κ3) is 9.92. The largest absolute Gasteiger partial charge is 0.497 e. The Labute approximate surface area is 312 Å². The zero-order chi connectivity index (χ0) is 36.8. The molecule has 0 radical (unpaired) electrons. The predicted molar refractivity (Wildman–Crippen MR) is 213 cm³/mol. The van der Waals surface area contributed by atoms with E-state index in [0.717, 1.165) is 76.7 Å². The standard InChI is InChI=1S/C46H44N2O5/c1-35(49)52-32-12-4-3-11-23-46(50)53-45-22-14-20-43(34-45)48(39-17-9-6-10-18-39)41-30-26-37(27-31-41)36-24-28-40(29-25-36)47(38-15-7-5-8-16-38)42-19-13-21-44(33-42)51-2/h5-10,13-22,24-31,33-34H,3-4,11-12,23,32H2,1-2H3. The molecule has 7 nitrogen and oxygen atoms in total. The zero-order valence-corrected chi connectivity index (χ0v) is 30.2. The fourth-order valence-corrected chi connectivity index (χ4v) is 6.21. The van der Waals surface area contributed by atoms with Crippen LogP contribution in [0.15, 0.2) is 158 Å². The maximum absolute atomic E-state index is 12.7. The number of carbonyl (C=O) groups is 2. The Bertz CT molecular complexity index is 2070. The maximum Gasteiger partial charge on any atom is 0.311 e. The summed E-state index contributed by atoms with van der Waals surface area (Å²) in [5.41, 5.74) is 8.14. The fourth-order valence-electron chi connectivity index (χ4n) is 6.21. The number of hydrogen-bond donors (Lipinski definition) is 0. The normalized spacial score (nSPS) is 10.7. The van der Waals surface area contributed by atoms with E-state index in [4.69, 9.17) is 14.2 Å². The number of hydrogen-bond acceptors (Lipinski definition) is 7. The highest BCUT2D eigenvalue weighted by atomic mass is 16.5. The molecule has 0 bridgehead atoms. The Morgan fingerprint density at radius 3 is 1.45 bits per heavy atom. The fraction of sp³-hybridized carbons (Fsp3) is 0.174. The molecule has 0 fully saturated rings. The molecule has 0 amide bonds. The lowest BCUT2D eigenvalue weighted by atomic mass is 10.0. The molecule has 0 aromatic heterocycles. The summed E-state index contributed by atoms with van der Waals surface area (Å²) in [5, 5.41) is 0. The minimum atomic E-state index is -0.266. The number of benzene rings is 6. The number of para-hydroxylation sites is 2. The number of carbonyl (C=O) groups excluding carboxylic acids is 2. The Kier molecular flexibility index (Phi) is 12.5. The number of methoxy groups -OCH3 is 1. The van der Waals surface area contributed by atoms with Crippen LogP contribution in [-0.4, -0.2) is 25.7 Å². The summed E-state index contributed by atoms with van der Waals surface area (Å²) in [6.07, 6.45) is 3.60. The van der Waals surface area contributed by atoms with Gasteiger partial charge in [-0.2, -0.15) is 0 Å². The highest BCUT2D eigenvalue weighted by Gasteiger charge is 2.16. The highest BCUT2D eigenvalue weighted by Crippen LogP contribution is 2.39. The van der Waals surface area contributed by atoms with Gasteiger partial charge in [0.2, 0.25) is 0 Å². The summed E-state index contributed by atoms with van der Waals surface area (Å²) in [7, 11) is 1.68. The van der Waals surface area contributed by atoms with E-state index >= 15 is 0 Å². The van der Waals surface area contributed by atoms with Gasteiger partial charge in [0.1, 0.15) is 11.5 Å². The van der Waals surface area contributed by atoms with Crippen molar-refractivity contribution in [1.82, 2.24) is 0 Å². The van der Waals surface area contributed by atoms with Crippen LogP contribution in [0.1, 0.15) is 39.0 Å². The molecule has 0 aliphatic carbocycles. The molecule has 53 heavy (non-hydrogen) atoms. The van der Waals surface area contributed by atoms with Gasteiger partial charge < -0.3 is 24.0 Å². The van der Waals surface area contributed by atoms with Gasteiger partial charge in [0.15, 0.2) is 0 Å². The lowest BCUT2D eigenvalue weighted by Crippen LogP contribution is -2.11. The van der Waals surface area contributed by atoms with Crippen molar-refractivity contribution in [2.45, 2.75) is 39.0 Å². The van der Waals surface area contributed by atoms with E-state index in [1.807, 2.05) is 78.9 Å². The van der Waals surface area contributed by atoms with Gasteiger partial charge in [-0.25, -0.2) is 0 Å². The zero-order valence-electron chi connectivity index (χ0n) is 30.2. The Morgan fingerprint density at radius 1 is 0.491 bits per heavy atom. The van der Waals surface area contributed by atoms with Crippen molar-refractivity contribution >= 4 is 46.1 Å². The molecular formula is C46H44N2O5. The lowest BCUT2D eigenvalue weighted by molar-refractivity contribution is -0.141. The van der Waals surface area contributed by atoms with Crippen molar-refractivity contribution in [1.29, 1.82) is 0 Å². The van der Waals surface area contributed by atoms with Gasteiger partial charge in [0.05, 0.1) is 13.7 Å². The highest BCUT2D eigenvalue weighted by molar-refractivity contribution is 5.81. The second-order valence-electron chi connectivity index (χ2n) is 12.6. The van der Waals surface area contributed by atoms with Gasteiger partial charge in [-0.1, -0.05) is 85.6 Å². The van der Waals surface area contributed by atoms with Crippen LogP contribution >= 0.6 is 0 Å². The smallest absolute Gasteiger partial charge is 0.311 e. The topological polar surface area (TPSA) is 68.3 Å². The Morgan fingerprint density at radius 2 is 0.943 bits per heavy atom. The number of rotatable bonds is 16. The van der Waals surface area contributed by atoms with Crippen LogP contribution < -0.4 is 19.3 Å². The summed E-state index contributed by atoms with van der Waals surface area (Å²) in [6, 6.07) is 53.2. The van der Waals surface area contributed by atoms with Crippen molar-refractivity contribution in [2.75, 3.05) is 23.5 Å². The average molecular weight is 705 g/mol. The van der Waals surface area contributed by atoms with Crippen LogP contribution in [0.4, 0.5) is 34.1 Å². The number of unbranched alkanes of at least 4 members (excludes halogenated alkanes) is 3. The number of ether oxygens (including phenoxy) is 3. The molecule has 0 saturated carbocycles. The number of nitrogens with zero attached hydrogens (tertiary/aromatic N) is 2. The van der Waals surface area contributed by atoms with E-state index in [2.05, 4.69) is 88.7 Å². The SMILES string of the molecule is COc1cccc(N(c2ccccc2)c2ccc(-c3ccc(N(c4ccccc4)c4cccc(OC(=O)CCCCCCOC(C)=O)c4)cc3)cc2)c1. The third-order valence-corrected chi connectivity index (χ3v) is 8.81. The van der Waals surface area contributed by atoms with E-state index < -0.39 is 0 Å². The summed E-state index contributed by atoms with van der Waals surface area (Å²) in [6.45, 7) is 1.83. The van der Waals surface area contributed by atoms with E-state index in [9.17, 15) is 9.59 Å². The minimum Gasteiger partial charge on any atom is -0.497 e. The van der Waals surface area contributed by atoms with Gasteiger partial charge in [-0.3, -0.25) is 9.59 Å². The van der Waals surface area contributed by atoms with Gasteiger partial charge in [-0.05, 0) is 96.8 Å². The summed E-state index contributed by atoms with van der Waals surface area (Å²) < 4.78 is 16.3. The summed E-state index contributed by atoms with van der Waals surface area (Å²) in [4.78, 5) is 28.0. The molecule has 268 valence electrons. The molecule has 0 unspecified atom stereocenters. The molecule has 6 aromatic rings. The van der Waals surface area contributed by atoms with Crippen molar-refractivity contribution in [3.05, 3.63) is 158 Å². The molecular weight excluding hydrogens is 661 g/mol. The van der Waals surface area contributed by atoms with E-state index in [1.165, 1.54) is 6.92 Å². The molecule has 0 aliphatic heterocycles. The van der Waals surface area contributed by atoms with Crippen LogP contribution in [0.2, 0.25) is 0 Å². The Balaban J connectivity index is 1.18. The molecule has 7 heteroatoms. The third-order valence-electron chi connectivity index (χ3n) is 8.81. The molecule has 0 spiro atoms.